The van der Waals surface area contributed by atoms with Gasteiger partial charge < -0.3 is 15.0 Å². The van der Waals surface area contributed by atoms with Crippen LogP contribution in [-0.2, 0) is 26.2 Å². The first-order valence-electron chi connectivity index (χ1n) is 12.2. The molecule has 0 spiro atoms. The van der Waals surface area contributed by atoms with Crippen LogP contribution in [-0.4, -0.2) is 62.6 Å². The maximum atomic E-state index is 13.8. The Kier molecular flexibility index (Phi) is 10.6. The number of carbonyl (C=O) groups is 2. The largest absolute Gasteiger partial charge is 0.495 e. The highest BCUT2D eigenvalue weighted by Crippen LogP contribution is 2.34. The van der Waals surface area contributed by atoms with E-state index in [1.165, 1.54) is 24.1 Å². The molecule has 1 N–H and O–H groups in total. The molecule has 1 atom stereocenters. The smallest absolute Gasteiger partial charge is 0.271 e. The molecule has 208 valence electrons. The van der Waals surface area contributed by atoms with Gasteiger partial charge in [-0.05, 0) is 30.9 Å². The molecule has 0 heterocycles. The normalized spacial score (nSPS) is 12.1. The van der Waals surface area contributed by atoms with Crippen LogP contribution in [0, 0.1) is 23.0 Å². The zero-order valence-corrected chi connectivity index (χ0v) is 23.4. The van der Waals surface area contributed by atoms with Gasteiger partial charge in [-0.2, -0.15) is 0 Å². The third kappa shape index (κ3) is 8.17. The molecule has 0 radical (unpaired) electrons. The fraction of sp³-hybridized carbons (Fsp3) is 0.462. The fourth-order valence-electron chi connectivity index (χ4n) is 3.93. The van der Waals surface area contributed by atoms with Crippen LogP contribution in [0.3, 0.4) is 0 Å². The lowest BCUT2D eigenvalue weighted by atomic mass is 10.1. The summed E-state index contributed by atoms with van der Waals surface area (Å²) in [6.45, 7) is 7.38. The third-order valence-corrected chi connectivity index (χ3v) is 6.95. The minimum atomic E-state index is -4.09. The minimum absolute atomic E-state index is 0.0424. The van der Waals surface area contributed by atoms with Gasteiger partial charge in [-0.15, -0.1) is 0 Å². The van der Waals surface area contributed by atoms with Gasteiger partial charge in [0.25, 0.3) is 5.69 Å². The van der Waals surface area contributed by atoms with Crippen molar-refractivity contribution in [2.24, 2.45) is 5.92 Å². The molecule has 0 saturated carbocycles. The fourth-order valence-corrected chi connectivity index (χ4v) is 4.78. The quantitative estimate of drug-likeness (QED) is 0.299. The van der Waals surface area contributed by atoms with E-state index in [-0.39, 0.29) is 35.5 Å². The van der Waals surface area contributed by atoms with E-state index in [1.54, 1.807) is 6.92 Å². The molecule has 0 aliphatic carbocycles. The van der Waals surface area contributed by atoms with Crippen LogP contribution in [0.4, 0.5) is 11.4 Å². The van der Waals surface area contributed by atoms with Crippen molar-refractivity contribution in [3.8, 4) is 5.75 Å². The van der Waals surface area contributed by atoms with Crippen molar-refractivity contribution in [1.82, 2.24) is 10.2 Å². The summed E-state index contributed by atoms with van der Waals surface area (Å²) in [5, 5.41) is 14.2. The molecule has 2 aromatic carbocycles. The predicted octanol–water partition coefficient (Wildman–Crippen LogP) is 3.26. The zero-order valence-electron chi connectivity index (χ0n) is 22.6. The van der Waals surface area contributed by atoms with Crippen LogP contribution in [0.5, 0.6) is 5.75 Å². The summed E-state index contributed by atoms with van der Waals surface area (Å²) in [6.07, 6.45) is 1.19. The lowest BCUT2D eigenvalue weighted by molar-refractivity contribution is -0.384. The molecule has 0 unspecified atom stereocenters. The number of rotatable bonds is 13. The molecule has 12 heteroatoms. The van der Waals surface area contributed by atoms with Crippen LogP contribution in [0.1, 0.15) is 38.3 Å². The van der Waals surface area contributed by atoms with Gasteiger partial charge in [0.15, 0.2) is 0 Å². The molecule has 2 amide bonds. The Hall–Kier alpha value is -3.67. The number of ether oxygens (including phenoxy) is 1. The lowest BCUT2D eigenvalue weighted by Crippen LogP contribution is -2.52. The van der Waals surface area contributed by atoms with Crippen molar-refractivity contribution >= 4 is 33.2 Å². The van der Waals surface area contributed by atoms with E-state index in [4.69, 9.17) is 4.74 Å². The van der Waals surface area contributed by atoms with Crippen molar-refractivity contribution in [2.75, 3.05) is 30.8 Å². The molecule has 38 heavy (non-hydrogen) atoms. The van der Waals surface area contributed by atoms with Gasteiger partial charge in [-0.1, -0.05) is 50.6 Å². The average molecular weight is 549 g/mol. The molecule has 2 aromatic rings. The van der Waals surface area contributed by atoms with E-state index in [0.717, 1.165) is 27.8 Å². The summed E-state index contributed by atoms with van der Waals surface area (Å²) in [5.41, 5.74) is 1.22. The van der Waals surface area contributed by atoms with Crippen LogP contribution < -0.4 is 14.4 Å². The Morgan fingerprint density at radius 2 is 1.84 bits per heavy atom. The number of benzene rings is 2. The summed E-state index contributed by atoms with van der Waals surface area (Å²) in [5.74, 6) is -0.752. The lowest BCUT2D eigenvalue weighted by Gasteiger charge is -2.33. The van der Waals surface area contributed by atoms with Crippen molar-refractivity contribution in [3.05, 3.63) is 63.7 Å². The predicted molar refractivity (Wildman–Crippen MR) is 145 cm³/mol. The second kappa shape index (κ2) is 13.2. The van der Waals surface area contributed by atoms with Gasteiger partial charge >= 0.3 is 0 Å². The van der Waals surface area contributed by atoms with Crippen molar-refractivity contribution in [3.63, 3.8) is 0 Å². The number of nitro groups is 1. The van der Waals surface area contributed by atoms with Crippen LogP contribution in [0.25, 0.3) is 0 Å². The number of hydrogen-bond acceptors (Lipinski definition) is 7. The van der Waals surface area contributed by atoms with Crippen molar-refractivity contribution in [2.45, 2.75) is 46.7 Å². The summed E-state index contributed by atoms with van der Waals surface area (Å²) >= 11 is 0. The first kappa shape index (κ1) is 30.6. The highest BCUT2D eigenvalue weighted by atomic mass is 32.2. The molecule has 2 rings (SSSR count). The molecular formula is C26H36N4O7S. The Morgan fingerprint density at radius 3 is 2.37 bits per heavy atom. The monoisotopic (exact) mass is 548 g/mol. The summed E-state index contributed by atoms with van der Waals surface area (Å²) in [7, 11) is -2.80. The molecule has 0 aromatic heterocycles. The Balaban J connectivity index is 2.55. The standard InChI is InChI=1S/C26H36N4O7S/c1-7-22(26(32)27-15-18(2)3)28(16-20-10-8-9-19(4)13-20)25(31)17-29(38(6,35)36)23-14-21(30(33)34)11-12-24(23)37-5/h8-14,18,22H,7,15-17H2,1-6H3,(H,27,32)/t22-/m0/s1. The molecule has 0 fully saturated rings. The molecule has 0 bridgehead atoms. The third-order valence-electron chi connectivity index (χ3n) is 5.83. The number of amides is 2. The highest BCUT2D eigenvalue weighted by molar-refractivity contribution is 7.92. The number of nitrogens with zero attached hydrogens (tertiary/aromatic N) is 3. The second-order valence-corrected chi connectivity index (χ2v) is 11.4. The molecule has 0 saturated heterocycles. The van der Waals surface area contributed by atoms with E-state index in [2.05, 4.69) is 5.32 Å². The molecule has 0 aliphatic rings. The number of nitro benzene ring substituents is 1. The number of methoxy groups -OCH3 is 1. The SMILES string of the molecule is CC[C@@H](C(=O)NCC(C)C)N(Cc1cccc(C)c1)C(=O)CN(c1cc([N+](=O)[O-])ccc1OC)S(C)(=O)=O. The van der Waals surface area contributed by atoms with Crippen LogP contribution in [0.2, 0.25) is 0 Å². The summed E-state index contributed by atoms with van der Waals surface area (Å²) in [4.78, 5) is 39.0. The van der Waals surface area contributed by atoms with Gasteiger partial charge in [-0.25, -0.2) is 8.42 Å². The average Bonchev–Trinajstić information content (AvgIpc) is 2.84. The first-order chi connectivity index (χ1) is 17.8. The van der Waals surface area contributed by atoms with Gasteiger partial charge in [0.2, 0.25) is 21.8 Å². The summed E-state index contributed by atoms with van der Waals surface area (Å²) < 4.78 is 31.7. The summed E-state index contributed by atoms with van der Waals surface area (Å²) in [6, 6.07) is 10.1. The van der Waals surface area contributed by atoms with E-state index in [9.17, 15) is 28.1 Å². The topological polar surface area (TPSA) is 139 Å². The van der Waals surface area contributed by atoms with E-state index >= 15 is 0 Å². The maximum Gasteiger partial charge on any atom is 0.271 e. The molecule has 0 aliphatic heterocycles. The Labute approximate surface area is 224 Å². The highest BCUT2D eigenvalue weighted by Gasteiger charge is 2.33. The van der Waals surface area contributed by atoms with Crippen LogP contribution in [0.15, 0.2) is 42.5 Å². The number of sulfonamides is 1. The first-order valence-corrected chi connectivity index (χ1v) is 14.1. The van der Waals surface area contributed by atoms with Gasteiger partial charge in [0.05, 0.1) is 18.3 Å². The van der Waals surface area contributed by atoms with E-state index in [1.807, 2.05) is 45.0 Å². The molecule has 11 nitrogen and oxygen atoms in total. The Bertz CT molecular complexity index is 1260. The number of nitrogens with one attached hydrogen (secondary N) is 1. The van der Waals surface area contributed by atoms with E-state index < -0.39 is 33.4 Å². The number of hydrogen-bond donors (Lipinski definition) is 1. The molecular weight excluding hydrogens is 512 g/mol. The van der Waals surface area contributed by atoms with Gasteiger partial charge in [0.1, 0.15) is 24.0 Å². The van der Waals surface area contributed by atoms with Gasteiger partial charge in [0, 0.05) is 25.2 Å². The number of anilines is 1. The number of aryl methyl sites for hydroxylation is 1. The number of carbonyl (C=O) groups excluding carboxylic acids is 2. The Morgan fingerprint density at radius 1 is 1.16 bits per heavy atom. The van der Waals surface area contributed by atoms with Crippen LogP contribution >= 0.6 is 0 Å². The minimum Gasteiger partial charge on any atom is -0.495 e. The van der Waals surface area contributed by atoms with Gasteiger partial charge in [-0.3, -0.25) is 24.0 Å². The van der Waals surface area contributed by atoms with Crippen molar-refractivity contribution < 1.29 is 27.7 Å². The number of non-ortho nitro benzene ring substituents is 1. The zero-order chi connectivity index (χ0) is 28.6. The van der Waals surface area contributed by atoms with Crippen molar-refractivity contribution in [1.29, 1.82) is 0 Å². The second-order valence-electron chi connectivity index (χ2n) is 9.46. The van der Waals surface area contributed by atoms with E-state index in [0.29, 0.717) is 13.0 Å². The maximum absolute atomic E-state index is 13.8.